The van der Waals surface area contributed by atoms with E-state index in [1.54, 1.807) is 0 Å². The Morgan fingerprint density at radius 1 is 1.20 bits per heavy atom. The lowest BCUT2D eigenvalue weighted by Crippen LogP contribution is -2.42. The molecule has 1 fully saturated rings. The average molecular weight is 339 g/mol. The van der Waals surface area contributed by atoms with E-state index in [-0.39, 0.29) is 11.9 Å². The molecule has 0 bridgehead atoms. The van der Waals surface area contributed by atoms with Crippen molar-refractivity contribution < 1.29 is 4.79 Å². The zero-order chi connectivity index (χ0) is 17.8. The van der Waals surface area contributed by atoms with Crippen LogP contribution in [0.2, 0.25) is 0 Å². The maximum Gasteiger partial charge on any atom is 0.237 e. The van der Waals surface area contributed by atoms with Gasteiger partial charge in [-0.1, -0.05) is 50.2 Å². The highest BCUT2D eigenvalue weighted by Crippen LogP contribution is 2.23. The van der Waals surface area contributed by atoms with Gasteiger partial charge in [-0.05, 0) is 35.7 Å². The lowest BCUT2D eigenvalue weighted by molar-refractivity contribution is -0.125. The Labute approximate surface area is 150 Å². The summed E-state index contributed by atoms with van der Waals surface area (Å²) in [4.78, 5) is 14.8. The molecular weight excluding hydrogens is 310 g/mol. The molecule has 0 spiro atoms. The molecule has 0 radical (unpaired) electrons. The summed E-state index contributed by atoms with van der Waals surface area (Å²) in [7, 11) is 0. The van der Waals surface area contributed by atoms with E-state index in [1.165, 1.54) is 16.3 Å². The fraction of sp³-hybridized carbons (Fsp3) is 0.476. The summed E-state index contributed by atoms with van der Waals surface area (Å²) >= 11 is 0. The van der Waals surface area contributed by atoms with Crippen LogP contribution in [-0.2, 0) is 11.3 Å². The molecule has 1 aliphatic rings. The molecule has 4 heteroatoms. The zero-order valence-corrected chi connectivity index (χ0v) is 15.5. The number of carbonyl (C=O) groups is 1. The predicted molar refractivity (Wildman–Crippen MR) is 104 cm³/mol. The number of nitrogens with zero attached hydrogens (tertiary/aromatic N) is 1. The summed E-state index contributed by atoms with van der Waals surface area (Å²) in [6.07, 6.45) is 0.873. The Morgan fingerprint density at radius 3 is 2.68 bits per heavy atom. The van der Waals surface area contributed by atoms with Gasteiger partial charge in [-0.25, -0.2) is 0 Å². The first-order valence-corrected chi connectivity index (χ1v) is 9.32. The molecule has 2 aromatic rings. The quantitative estimate of drug-likeness (QED) is 0.850. The van der Waals surface area contributed by atoms with Gasteiger partial charge in [-0.15, -0.1) is 0 Å². The number of amides is 1. The van der Waals surface area contributed by atoms with E-state index >= 15 is 0 Å². The molecule has 2 aromatic carbocycles. The number of rotatable bonds is 6. The van der Waals surface area contributed by atoms with E-state index in [9.17, 15) is 4.79 Å². The number of hydrogen-bond donors (Lipinski definition) is 2. The van der Waals surface area contributed by atoms with Gasteiger partial charge in [0.25, 0.3) is 0 Å². The Bertz CT molecular complexity index is 728. The lowest BCUT2D eigenvalue weighted by atomic mass is 10.1. The van der Waals surface area contributed by atoms with Crippen LogP contribution in [0.15, 0.2) is 42.5 Å². The molecule has 0 saturated carbocycles. The van der Waals surface area contributed by atoms with Crippen LogP contribution in [0.25, 0.3) is 10.8 Å². The second-order valence-electron chi connectivity index (χ2n) is 7.28. The van der Waals surface area contributed by atoms with Crippen molar-refractivity contribution in [3.63, 3.8) is 0 Å². The maximum atomic E-state index is 12.5. The van der Waals surface area contributed by atoms with E-state index in [1.807, 2.05) is 6.92 Å². The maximum absolute atomic E-state index is 12.5. The summed E-state index contributed by atoms with van der Waals surface area (Å²) in [6.45, 7) is 8.70. The third kappa shape index (κ3) is 4.39. The Morgan fingerprint density at radius 2 is 1.96 bits per heavy atom. The molecule has 134 valence electrons. The second-order valence-corrected chi connectivity index (χ2v) is 7.28. The van der Waals surface area contributed by atoms with Gasteiger partial charge < -0.3 is 10.6 Å². The molecule has 0 aliphatic carbocycles. The van der Waals surface area contributed by atoms with Gasteiger partial charge in [0.15, 0.2) is 0 Å². The lowest BCUT2D eigenvalue weighted by Gasteiger charge is -2.23. The SMILES string of the molecule is CCNC(=O)[C@@H]1C[C@@H](NC(C)C)CN1Cc1ccc2ccccc2c1. The van der Waals surface area contributed by atoms with Crippen LogP contribution in [0.4, 0.5) is 0 Å². The standard InChI is InChI=1S/C21H29N3O/c1-4-22-21(25)20-12-19(23-15(2)3)14-24(20)13-16-9-10-17-7-5-6-8-18(17)11-16/h5-11,15,19-20,23H,4,12-14H2,1-3H3,(H,22,25)/t19-,20+/m1/s1. The molecule has 0 unspecified atom stereocenters. The van der Waals surface area contributed by atoms with Crippen molar-refractivity contribution in [1.82, 2.24) is 15.5 Å². The monoisotopic (exact) mass is 339 g/mol. The average Bonchev–Trinajstić information content (AvgIpc) is 2.96. The fourth-order valence-electron chi connectivity index (χ4n) is 3.81. The minimum atomic E-state index is -0.0531. The Kier molecular flexibility index (Phi) is 5.71. The number of hydrogen-bond acceptors (Lipinski definition) is 3. The number of carbonyl (C=O) groups excluding carboxylic acids is 1. The van der Waals surface area contributed by atoms with Crippen molar-refractivity contribution in [1.29, 1.82) is 0 Å². The summed E-state index contributed by atoms with van der Waals surface area (Å²) in [5.41, 5.74) is 1.26. The zero-order valence-electron chi connectivity index (χ0n) is 15.5. The molecular formula is C21H29N3O. The van der Waals surface area contributed by atoms with Crippen molar-refractivity contribution in [3.8, 4) is 0 Å². The van der Waals surface area contributed by atoms with E-state index in [4.69, 9.17) is 0 Å². The smallest absolute Gasteiger partial charge is 0.237 e. The van der Waals surface area contributed by atoms with Crippen molar-refractivity contribution in [3.05, 3.63) is 48.0 Å². The number of fused-ring (bicyclic) bond motifs is 1. The van der Waals surface area contributed by atoms with E-state index in [0.717, 1.165) is 19.5 Å². The molecule has 2 atom stereocenters. The largest absolute Gasteiger partial charge is 0.355 e. The van der Waals surface area contributed by atoms with Crippen molar-refractivity contribution in [2.24, 2.45) is 0 Å². The summed E-state index contributed by atoms with van der Waals surface area (Å²) in [5.74, 6) is 0.149. The van der Waals surface area contributed by atoms with Gasteiger partial charge in [-0.2, -0.15) is 0 Å². The second kappa shape index (κ2) is 7.98. The van der Waals surface area contributed by atoms with E-state index < -0.39 is 0 Å². The van der Waals surface area contributed by atoms with Crippen LogP contribution >= 0.6 is 0 Å². The number of likely N-dealkylation sites (tertiary alicyclic amines) is 1. The first-order chi connectivity index (χ1) is 12.1. The molecule has 1 aliphatic heterocycles. The van der Waals surface area contributed by atoms with Gasteiger partial charge in [0.2, 0.25) is 5.91 Å². The Hall–Kier alpha value is -1.91. The third-order valence-corrected chi connectivity index (χ3v) is 4.83. The Balaban J connectivity index is 1.77. The van der Waals surface area contributed by atoms with Crippen LogP contribution < -0.4 is 10.6 Å². The molecule has 0 aromatic heterocycles. The first kappa shape index (κ1) is 17.9. The van der Waals surface area contributed by atoms with Gasteiger partial charge in [0.05, 0.1) is 6.04 Å². The highest BCUT2D eigenvalue weighted by Gasteiger charge is 2.36. The van der Waals surface area contributed by atoms with E-state index in [2.05, 4.69) is 71.8 Å². The van der Waals surface area contributed by atoms with Gasteiger partial charge in [0.1, 0.15) is 0 Å². The highest BCUT2D eigenvalue weighted by molar-refractivity contribution is 5.83. The number of benzene rings is 2. The number of nitrogens with one attached hydrogen (secondary N) is 2. The summed E-state index contributed by atoms with van der Waals surface area (Å²) in [5, 5.41) is 9.10. The minimum Gasteiger partial charge on any atom is -0.355 e. The topological polar surface area (TPSA) is 44.4 Å². The summed E-state index contributed by atoms with van der Waals surface area (Å²) in [6, 6.07) is 15.8. The van der Waals surface area contributed by atoms with Crippen molar-refractivity contribution >= 4 is 16.7 Å². The first-order valence-electron chi connectivity index (χ1n) is 9.32. The third-order valence-electron chi connectivity index (χ3n) is 4.83. The van der Waals surface area contributed by atoms with Gasteiger partial charge in [0, 0.05) is 31.7 Å². The fourth-order valence-corrected chi connectivity index (χ4v) is 3.81. The summed E-state index contributed by atoms with van der Waals surface area (Å²) < 4.78 is 0. The molecule has 1 saturated heterocycles. The van der Waals surface area contributed by atoms with Gasteiger partial charge >= 0.3 is 0 Å². The molecule has 25 heavy (non-hydrogen) atoms. The molecule has 1 amide bonds. The molecule has 4 nitrogen and oxygen atoms in total. The molecule has 1 heterocycles. The number of likely N-dealkylation sites (N-methyl/N-ethyl adjacent to an activating group) is 1. The van der Waals surface area contributed by atoms with Crippen LogP contribution in [-0.4, -0.2) is 42.0 Å². The molecule has 2 N–H and O–H groups in total. The minimum absolute atomic E-state index is 0.0531. The van der Waals surface area contributed by atoms with Crippen LogP contribution in [0.3, 0.4) is 0 Å². The highest BCUT2D eigenvalue weighted by atomic mass is 16.2. The van der Waals surface area contributed by atoms with Gasteiger partial charge in [-0.3, -0.25) is 9.69 Å². The van der Waals surface area contributed by atoms with Crippen LogP contribution in [0.5, 0.6) is 0 Å². The van der Waals surface area contributed by atoms with Crippen LogP contribution in [0, 0.1) is 0 Å². The molecule has 3 rings (SSSR count). The van der Waals surface area contributed by atoms with E-state index in [0.29, 0.717) is 18.6 Å². The van der Waals surface area contributed by atoms with Crippen molar-refractivity contribution in [2.45, 2.75) is 51.9 Å². The predicted octanol–water partition coefficient (Wildman–Crippen LogP) is 2.92. The van der Waals surface area contributed by atoms with Crippen molar-refractivity contribution in [2.75, 3.05) is 13.1 Å². The van der Waals surface area contributed by atoms with Crippen LogP contribution in [0.1, 0.15) is 32.8 Å². The normalized spacial score (nSPS) is 21.1.